The molecule has 0 aliphatic rings. The van der Waals surface area contributed by atoms with E-state index in [1.807, 2.05) is 0 Å². The summed E-state index contributed by atoms with van der Waals surface area (Å²) in [6, 6.07) is 0. The van der Waals surface area contributed by atoms with Crippen LogP contribution in [0.3, 0.4) is 0 Å². The smallest absolute Gasteiger partial charge is 0.480 e. The van der Waals surface area contributed by atoms with Gasteiger partial charge in [-0.3, -0.25) is 0 Å². The van der Waals surface area contributed by atoms with Crippen molar-refractivity contribution < 1.29 is 33.5 Å². The van der Waals surface area contributed by atoms with E-state index in [0.717, 1.165) is 12.8 Å². The molecule has 0 aliphatic carbocycles. The van der Waals surface area contributed by atoms with Crippen LogP contribution in [0.2, 0.25) is 0 Å². The van der Waals surface area contributed by atoms with E-state index in [-0.39, 0.29) is 25.5 Å². The van der Waals surface area contributed by atoms with Crippen molar-refractivity contribution in [3.63, 3.8) is 0 Å². The number of carboxylic acid groups (broad SMARTS) is 1. The Morgan fingerprint density at radius 3 is 1.84 bits per heavy atom. The minimum absolute atomic E-state index is 0. The van der Waals surface area contributed by atoms with E-state index in [4.69, 9.17) is 9.84 Å². The van der Waals surface area contributed by atoms with Crippen molar-refractivity contribution in [1.82, 2.24) is 0 Å². The maximum absolute atomic E-state index is 10.1. The van der Waals surface area contributed by atoms with Crippen LogP contribution in [0.4, 0.5) is 0 Å². The number of carbonyl (C=O) groups is 1. The first kappa shape index (κ1) is 24.1. The number of rotatable bonds is 10. The van der Waals surface area contributed by atoms with Gasteiger partial charge in [0.2, 0.25) is 0 Å². The minimum Gasteiger partial charge on any atom is -0.480 e. The van der Waals surface area contributed by atoms with Gasteiger partial charge in [-0.15, -0.1) is 0 Å². The average Bonchev–Trinajstić information content (AvgIpc) is 2.26. The predicted molar refractivity (Wildman–Crippen MR) is 76.7 cm³/mol. The van der Waals surface area contributed by atoms with Gasteiger partial charge in [-0.1, -0.05) is 45.4 Å². The maximum atomic E-state index is 10.1. The van der Waals surface area contributed by atoms with Crippen LogP contribution in [-0.2, 0) is 9.53 Å². The second kappa shape index (κ2) is 20.3. The molecule has 0 bridgehead atoms. The molecule has 0 unspecified atom stereocenters. The van der Waals surface area contributed by atoms with Crippen LogP contribution >= 0.6 is 0 Å². The van der Waals surface area contributed by atoms with E-state index in [1.165, 1.54) is 38.0 Å². The molecule has 0 spiro atoms. The fourth-order valence-electron chi connectivity index (χ4n) is 1.32. The van der Waals surface area contributed by atoms with E-state index in [1.54, 1.807) is 0 Å². The summed E-state index contributed by atoms with van der Waals surface area (Å²) in [6.45, 7) is 8.88. The topological polar surface area (TPSA) is 46.5 Å². The fraction of sp³-hybridized carbons (Fsp3) is 0.867. The zero-order valence-electron chi connectivity index (χ0n) is 13.6. The van der Waals surface area contributed by atoms with Crippen LogP contribution in [0.1, 0.15) is 72.6 Å². The molecular formula is C15H31LiO3. The van der Waals surface area contributed by atoms with Gasteiger partial charge < -0.3 is 15.8 Å². The molecule has 0 radical (unpaired) electrons. The number of ether oxygens (including phenoxy) is 1. The summed E-state index contributed by atoms with van der Waals surface area (Å²) in [6.07, 6.45) is 8.62. The van der Waals surface area contributed by atoms with Crippen LogP contribution in [0.25, 0.3) is 0 Å². The Bertz CT molecular complexity index is 170. The van der Waals surface area contributed by atoms with Gasteiger partial charge in [0.25, 0.3) is 0 Å². The summed E-state index contributed by atoms with van der Waals surface area (Å²) in [5.41, 5.74) is 0. The molecule has 0 heterocycles. The second-order valence-electron chi connectivity index (χ2n) is 5.07. The minimum atomic E-state index is -0.882. The molecule has 0 rings (SSSR count). The van der Waals surface area contributed by atoms with E-state index in [2.05, 4.69) is 27.7 Å². The Hall–Kier alpha value is 0.0274. The molecule has 0 amide bonds. The molecule has 0 aromatic carbocycles. The van der Waals surface area contributed by atoms with Crippen LogP contribution < -0.4 is 18.9 Å². The second-order valence-corrected chi connectivity index (χ2v) is 5.07. The maximum Gasteiger partial charge on any atom is 1.00 e. The quantitative estimate of drug-likeness (QED) is 0.370. The third-order valence-corrected chi connectivity index (χ3v) is 2.12. The monoisotopic (exact) mass is 266 g/mol. The van der Waals surface area contributed by atoms with E-state index < -0.39 is 5.97 Å². The molecule has 19 heavy (non-hydrogen) atoms. The van der Waals surface area contributed by atoms with Gasteiger partial charge in [-0.05, 0) is 6.42 Å². The normalized spacial score (nSPS) is 9.53. The molecule has 0 aromatic heterocycles. The van der Waals surface area contributed by atoms with E-state index in [0.29, 0.717) is 6.61 Å². The molecule has 1 N–H and O–H groups in total. The first-order chi connectivity index (χ1) is 8.50. The molecule has 0 atom stereocenters. The summed E-state index contributed by atoms with van der Waals surface area (Å²) in [5.74, 6) is 0.535. The van der Waals surface area contributed by atoms with Crippen LogP contribution in [-0.4, -0.2) is 24.3 Å². The van der Waals surface area contributed by atoms with Crippen molar-refractivity contribution in [2.45, 2.75) is 72.6 Å². The third-order valence-electron chi connectivity index (χ3n) is 2.12. The number of aliphatic carboxylic acids is 1. The van der Waals surface area contributed by atoms with Crippen molar-refractivity contribution in [3.05, 3.63) is 5.92 Å². The molecule has 0 saturated carbocycles. The van der Waals surface area contributed by atoms with Crippen molar-refractivity contribution >= 4 is 5.97 Å². The first-order valence-corrected chi connectivity index (χ1v) is 7.07. The Balaban J connectivity index is -0.000000448. The summed E-state index contributed by atoms with van der Waals surface area (Å²) in [7, 11) is 0. The first-order valence-electron chi connectivity index (χ1n) is 7.07. The molecule has 110 valence electrons. The Kier molecular flexibility index (Phi) is 25.8. The Morgan fingerprint density at radius 1 is 1.00 bits per heavy atom. The molecule has 0 fully saturated rings. The predicted octanol–water partition coefficient (Wildman–Crippen LogP) is 1.46. The van der Waals surface area contributed by atoms with Gasteiger partial charge in [0.1, 0.15) is 6.61 Å². The van der Waals surface area contributed by atoms with Gasteiger partial charge in [-0.2, -0.15) is 20.8 Å². The number of hydrogen-bond acceptors (Lipinski definition) is 2. The SMILES string of the molecule is CCCCCCCCCOCC(=O)O.C[C-](C)C.[Li+]. The van der Waals surface area contributed by atoms with Gasteiger partial charge >= 0.3 is 24.8 Å². The van der Waals surface area contributed by atoms with Crippen LogP contribution in [0.15, 0.2) is 0 Å². The fourth-order valence-corrected chi connectivity index (χ4v) is 1.32. The summed E-state index contributed by atoms with van der Waals surface area (Å²) in [5, 5.41) is 8.29. The average molecular weight is 266 g/mol. The standard InChI is InChI=1S/C11H22O3.C4H9.Li/c1-2-3-4-5-6-7-8-9-14-10-11(12)13;1-4(2)3;/h2-10H2,1H3,(H,12,13);1-3H3;/q;-1;+1. The van der Waals surface area contributed by atoms with Crippen molar-refractivity contribution in [2.75, 3.05) is 13.2 Å². The molecule has 4 heteroatoms. The number of unbranched alkanes of at least 4 members (excludes halogenated alkanes) is 6. The summed E-state index contributed by atoms with van der Waals surface area (Å²) in [4.78, 5) is 10.1. The Morgan fingerprint density at radius 2 is 1.42 bits per heavy atom. The molecule has 0 saturated heterocycles. The number of hydrogen-bond donors (Lipinski definition) is 1. The molecule has 0 aromatic rings. The van der Waals surface area contributed by atoms with Crippen molar-refractivity contribution in [2.24, 2.45) is 0 Å². The molecule has 3 nitrogen and oxygen atoms in total. The van der Waals surface area contributed by atoms with Gasteiger partial charge in [0.05, 0.1) is 0 Å². The van der Waals surface area contributed by atoms with Gasteiger partial charge in [-0.25, -0.2) is 4.79 Å². The number of carboxylic acids is 1. The summed E-state index contributed by atoms with van der Waals surface area (Å²) < 4.78 is 4.92. The van der Waals surface area contributed by atoms with E-state index in [9.17, 15) is 4.79 Å². The summed E-state index contributed by atoms with van der Waals surface area (Å²) >= 11 is 0. The third kappa shape index (κ3) is 38.1. The largest absolute Gasteiger partial charge is 1.00 e. The van der Waals surface area contributed by atoms with Gasteiger partial charge in [0, 0.05) is 6.61 Å². The van der Waals surface area contributed by atoms with Crippen molar-refractivity contribution in [3.8, 4) is 0 Å². The zero-order valence-corrected chi connectivity index (χ0v) is 13.6. The zero-order chi connectivity index (χ0) is 14.2. The molecule has 0 aliphatic heterocycles. The van der Waals surface area contributed by atoms with Crippen LogP contribution in [0.5, 0.6) is 0 Å². The van der Waals surface area contributed by atoms with Gasteiger partial charge in [0.15, 0.2) is 0 Å². The molecular weight excluding hydrogens is 235 g/mol. The Labute approximate surface area is 131 Å². The van der Waals surface area contributed by atoms with Crippen molar-refractivity contribution in [1.29, 1.82) is 0 Å². The van der Waals surface area contributed by atoms with Crippen LogP contribution in [0, 0.1) is 5.92 Å². The van der Waals surface area contributed by atoms with E-state index >= 15 is 0 Å².